The van der Waals surface area contributed by atoms with E-state index < -0.39 is 0 Å². The van der Waals surface area contributed by atoms with Crippen LogP contribution in [0.25, 0.3) is 0 Å². The first-order valence-corrected chi connectivity index (χ1v) is 10.3. The van der Waals surface area contributed by atoms with E-state index in [0.717, 1.165) is 50.5 Å². The summed E-state index contributed by atoms with van der Waals surface area (Å²) in [4.78, 5) is 37.9. The largest absolute Gasteiger partial charge is 0.467 e. The maximum Gasteiger partial charge on any atom is 0.225 e. The summed E-state index contributed by atoms with van der Waals surface area (Å²) >= 11 is 0. The lowest BCUT2D eigenvalue weighted by Gasteiger charge is -2.37. The zero-order chi connectivity index (χ0) is 20.1. The fraction of sp³-hybridized carbons (Fsp3) is 0.524. The van der Waals surface area contributed by atoms with Crippen molar-refractivity contribution in [3.05, 3.63) is 42.6 Å². The zero-order valence-electron chi connectivity index (χ0n) is 16.5. The molecule has 0 aromatic carbocycles. The monoisotopic (exact) mass is 397 g/mol. The highest BCUT2D eigenvalue weighted by molar-refractivity contribution is 5.81. The van der Waals surface area contributed by atoms with Gasteiger partial charge in [0.1, 0.15) is 5.76 Å². The molecule has 8 nitrogen and oxygen atoms in total. The van der Waals surface area contributed by atoms with Crippen LogP contribution in [0, 0.1) is 11.8 Å². The Morgan fingerprint density at radius 1 is 1.00 bits per heavy atom. The number of carbonyl (C=O) groups is 2. The van der Waals surface area contributed by atoms with Gasteiger partial charge in [-0.05, 0) is 43.9 Å². The van der Waals surface area contributed by atoms with E-state index in [-0.39, 0.29) is 23.7 Å². The molecule has 2 aliphatic rings. The van der Waals surface area contributed by atoms with Gasteiger partial charge in [0, 0.05) is 50.4 Å². The number of hydrogen-bond acceptors (Lipinski definition) is 6. The summed E-state index contributed by atoms with van der Waals surface area (Å²) < 4.78 is 5.25. The van der Waals surface area contributed by atoms with Gasteiger partial charge in [0.2, 0.25) is 17.8 Å². The lowest BCUT2D eigenvalue weighted by Crippen LogP contribution is -2.51. The third-order valence-corrected chi connectivity index (χ3v) is 5.89. The number of furan rings is 1. The smallest absolute Gasteiger partial charge is 0.225 e. The Labute approximate surface area is 170 Å². The fourth-order valence-electron chi connectivity index (χ4n) is 4.17. The second kappa shape index (κ2) is 9.07. The van der Waals surface area contributed by atoms with Crippen LogP contribution in [0.5, 0.6) is 0 Å². The summed E-state index contributed by atoms with van der Waals surface area (Å²) in [5.74, 6) is 1.78. The van der Waals surface area contributed by atoms with E-state index in [1.807, 2.05) is 17.0 Å². The van der Waals surface area contributed by atoms with Gasteiger partial charge < -0.3 is 19.5 Å². The van der Waals surface area contributed by atoms with Crippen molar-refractivity contribution in [2.45, 2.75) is 32.2 Å². The van der Waals surface area contributed by atoms with Crippen LogP contribution >= 0.6 is 0 Å². The number of anilines is 1. The molecule has 2 fully saturated rings. The molecule has 154 valence electrons. The van der Waals surface area contributed by atoms with Crippen LogP contribution in [0.4, 0.5) is 5.95 Å². The molecule has 2 amide bonds. The number of nitrogens with zero attached hydrogens (tertiary/aromatic N) is 4. The molecule has 0 unspecified atom stereocenters. The van der Waals surface area contributed by atoms with Gasteiger partial charge in [-0.2, -0.15) is 0 Å². The molecular weight excluding hydrogens is 370 g/mol. The highest BCUT2D eigenvalue weighted by Crippen LogP contribution is 2.30. The van der Waals surface area contributed by atoms with Gasteiger partial charge in [-0.25, -0.2) is 9.97 Å². The Kier molecular flexibility index (Phi) is 6.07. The number of carbonyl (C=O) groups excluding carboxylic acids is 2. The molecule has 0 radical (unpaired) electrons. The molecule has 0 spiro atoms. The summed E-state index contributed by atoms with van der Waals surface area (Å²) in [5, 5.41) is 2.94. The Balaban J connectivity index is 1.21. The second-order valence-electron chi connectivity index (χ2n) is 7.71. The average molecular weight is 397 g/mol. The van der Waals surface area contributed by atoms with Gasteiger partial charge in [-0.1, -0.05) is 0 Å². The zero-order valence-corrected chi connectivity index (χ0v) is 16.5. The molecule has 0 atom stereocenters. The molecule has 1 aliphatic heterocycles. The summed E-state index contributed by atoms with van der Waals surface area (Å²) in [7, 11) is 0. The van der Waals surface area contributed by atoms with Crippen LogP contribution in [0.2, 0.25) is 0 Å². The Morgan fingerprint density at radius 3 is 2.34 bits per heavy atom. The highest BCUT2D eigenvalue weighted by Gasteiger charge is 2.33. The van der Waals surface area contributed by atoms with Crippen LogP contribution in [-0.4, -0.2) is 52.9 Å². The molecule has 1 saturated carbocycles. The number of nitrogens with one attached hydrogen (secondary N) is 1. The molecule has 3 heterocycles. The normalized spacial score (nSPS) is 22.3. The first-order chi connectivity index (χ1) is 14.2. The van der Waals surface area contributed by atoms with E-state index in [1.54, 1.807) is 24.7 Å². The number of hydrogen-bond donors (Lipinski definition) is 1. The second-order valence-corrected chi connectivity index (χ2v) is 7.71. The predicted molar refractivity (Wildman–Crippen MR) is 107 cm³/mol. The molecule has 1 aliphatic carbocycles. The third kappa shape index (κ3) is 4.75. The standard InChI is InChI=1S/C21H27N5O3/c27-19(24-15-18-3-1-14-29-18)16-4-6-17(7-5-16)20(28)25-10-12-26(13-11-25)21-22-8-2-9-23-21/h1-3,8-9,14,16-17H,4-7,10-13,15H2,(H,24,27). The minimum absolute atomic E-state index is 0.0129. The SMILES string of the molecule is O=C(NCc1ccco1)C1CCC(C(=O)N2CCN(c3ncccn3)CC2)CC1. The minimum atomic E-state index is -0.0129. The van der Waals surface area contributed by atoms with E-state index in [9.17, 15) is 9.59 Å². The van der Waals surface area contributed by atoms with E-state index in [0.29, 0.717) is 19.6 Å². The minimum Gasteiger partial charge on any atom is -0.467 e. The third-order valence-electron chi connectivity index (χ3n) is 5.89. The molecule has 4 rings (SSSR count). The maximum absolute atomic E-state index is 12.9. The first-order valence-electron chi connectivity index (χ1n) is 10.3. The molecule has 8 heteroatoms. The van der Waals surface area contributed by atoms with Gasteiger partial charge >= 0.3 is 0 Å². The van der Waals surface area contributed by atoms with Gasteiger partial charge in [-0.3, -0.25) is 9.59 Å². The fourth-order valence-corrected chi connectivity index (χ4v) is 4.17. The molecule has 1 N–H and O–H groups in total. The predicted octanol–water partition coefficient (Wildman–Crippen LogP) is 1.84. The van der Waals surface area contributed by atoms with Gasteiger partial charge in [-0.15, -0.1) is 0 Å². The van der Waals surface area contributed by atoms with Gasteiger partial charge in [0.05, 0.1) is 12.8 Å². The molecule has 0 bridgehead atoms. The first kappa shape index (κ1) is 19.4. The van der Waals surface area contributed by atoms with Crippen LogP contribution < -0.4 is 10.2 Å². The molecule has 29 heavy (non-hydrogen) atoms. The number of rotatable bonds is 5. The van der Waals surface area contributed by atoms with Gasteiger partial charge in [0.15, 0.2) is 0 Å². The number of aromatic nitrogens is 2. The Hall–Kier alpha value is -2.90. The van der Waals surface area contributed by atoms with Crippen molar-refractivity contribution < 1.29 is 14.0 Å². The van der Waals surface area contributed by atoms with Gasteiger partial charge in [0.25, 0.3) is 0 Å². The van der Waals surface area contributed by atoms with Crippen LogP contribution in [0.15, 0.2) is 41.3 Å². The Bertz CT molecular complexity index is 795. The molecule has 2 aromatic rings. The topological polar surface area (TPSA) is 91.6 Å². The quantitative estimate of drug-likeness (QED) is 0.828. The summed E-state index contributed by atoms with van der Waals surface area (Å²) in [6.45, 7) is 3.31. The van der Waals surface area contributed by atoms with Crippen molar-refractivity contribution in [2.75, 3.05) is 31.1 Å². The number of piperazine rings is 1. The van der Waals surface area contributed by atoms with Crippen LogP contribution in [0.1, 0.15) is 31.4 Å². The van der Waals surface area contributed by atoms with Crippen molar-refractivity contribution in [2.24, 2.45) is 11.8 Å². The van der Waals surface area contributed by atoms with Crippen LogP contribution in [-0.2, 0) is 16.1 Å². The molecule has 2 aromatic heterocycles. The van der Waals surface area contributed by atoms with E-state index >= 15 is 0 Å². The molecule has 1 saturated heterocycles. The highest BCUT2D eigenvalue weighted by atomic mass is 16.3. The summed E-state index contributed by atoms with van der Waals surface area (Å²) in [6, 6.07) is 5.46. The summed E-state index contributed by atoms with van der Waals surface area (Å²) in [6.07, 6.45) is 8.16. The maximum atomic E-state index is 12.9. The van der Waals surface area contributed by atoms with Crippen molar-refractivity contribution in [3.63, 3.8) is 0 Å². The van der Waals surface area contributed by atoms with Crippen LogP contribution in [0.3, 0.4) is 0 Å². The van der Waals surface area contributed by atoms with E-state index in [4.69, 9.17) is 4.42 Å². The van der Waals surface area contributed by atoms with Crippen molar-refractivity contribution in [3.8, 4) is 0 Å². The van der Waals surface area contributed by atoms with Crippen molar-refractivity contribution in [1.29, 1.82) is 0 Å². The van der Waals surface area contributed by atoms with Crippen molar-refractivity contribution in [1.82, 2.24) is 20.2 Å². The Morgan fingerprint density at radius 2 is 1.69 bits per heavy atom. The average Bonchev–Trinajstić information content (AvgIpc) is 3.31. The summed E-state index contributed by atoms with van der Waals surface area (Å²) in [5.41, 5.74) is 0. The number of amides is 2. The lowest BCUT2D eigenvalue weighted by molar-refractivity contribution is -0.138. The molecular formula is C21H27N5O3. The van der Waals surface area contributed by atoms with E-state index in [1.165, 1.54) is 0 Å². The van der Waals surface area contributed by atoms with E-state index in [2.05, 4.69) is 20.2 Å². The van der Waals surface area contributed by atoms with Crippen molar-refractivity contribution >= 4 is 17.8 Å². The lowest BCUT2D eigenvalue weighted by atomic mass is 9.81.